The summed E-state index contributed by atoms with van der Waals surface area (Å²) in [6.45, 7) is 4.96. The second-order valence-electron chi connectivity index (χ2n) is 7.28. The molecule has 1 saturated heterocycles. The molecule has 3 rings (SSSR count). The number of aromatic nitrogens is 1. The van der Waals surface area contributed by atoms with Gasteiger partial charge in [0.15, 0.2) is 5.89 Å². The van der Waals surface area contributed by atoms with E-state index in [2.05, 4.69) is 4.98 Å². The maximum atomic E-state index is 12.6. The van der Waals surface area contributed by atoms with Gasteiger partial charge in [-0.15, -0.1) is 0 Å². The largest absolute Gasteiger partial charge is 0.445 e. The number of ether oxygens (including phenoxy) is 1. The lowest BCUT2D eigenvalue weighted by atomic mass is 9.96. The third-order valence-corrected chi connectivity index (χ3v) is 5.16. The third-order valence-electron chi connectivity index (χ3n) is 4.92. The number of benzene rings is 1. The van der Waals surface area contributed by atoms with E-state index in [0.717, 1.165) is 30.7 Å². The summed E-state index contributed by atoms with van der Waals surface area (Å²) in [6.07, 6.45) is 4.33. The van der Waals surface area contributed by atoms with Gasteiger partial charge in [-0.2, -0.15) is 0 Å². The van der Waals surface area contributed by atoms with E-state index in [1.165, 1.54) is 0 Å². The second kappa shape index (κ2) is 7.80. The topological polar surface area (TPSA) is 55.6 Å². The van der Waals surface area contributed by atoms with Gasteiger partial charge < -0.3 is 14.1 Å². The van der Waals surface area contributed by atoms with E-state index in [0.29, 0.717) is 23.9 Å². The van der Waals surface area contributed by atoms with Crippen LogP contribution in [0.15, 0.2) is 34.9 Å². The van der Waals surface area contributed by atoms with Gasteiger partial charge >= 0.3 is 0 Å². The Morgan fingerprint density at radius 3 is 3.00 bits per heavy atom. The lowest BCUT2D eigenvalue weighted by molar-refractivity contribution is -0.152. The van der Waals surface area contributed by atoms with Crippen LogP contribution in [0.3, 0.4) is 0 Å². The van der Waals surface area contributed by atoms with E-state index >= 15 is 0 Å². The molecule has 1 atom stereocenters. The van der Waals surface area contributed by atoms with Crippen molar-refractivity contribution in [1.82, 2.24) is 9.88 Å². The van der Waals surface area contributed by atoms with Gasteiger partial charge in [0, 0.05) is 31.6 Å². The van der Waals surface area contributed by atoms with Gasteiger partial charge in [-0.25, -0.2) is 4.98 Å². The third kappa shape index (κ3) is 4.27. The highest BCUT2D eigenvalue weighted by molar-refractivity contribution is 6.30. The van der Waals surface area contributed by atoms with Crippen LogP contribution in [0.4, 0.5) is 0 Å². The lowest BCUT2D eigenvalue weighted by Gasteiger charge is -2.36. The average Bonchev–Trinajstić information content (AvgIpc) is 3.09. The minimum Gasteiger partial charge on any atom is -0.445 e. The summed E-state index contributed by atoms with van der Waals surface area (Å²) in [5.41, 5.74) is 0.276. The monoisotopic (exact) mass is 376 g/mol. The number of hydrogen-bond donors (Lipinski definition) is 0. The molecule has 0 spiro atoms. The zero-order valence-electron chi connectivity index (χ0n) is 15.5. The van der Waals surface area contributed by atoms with Gasteiger partial charge in [-0.05, 0) is 44.4 Å². The fraction of sp³-hybridized carbons (Fsp3) is 0.500. The second-order valence-corrected chi connectivity index (χ2v) is 7.71. The fourth-order valence-electron chi connectivity index (χ4n) is 3.27. The number of nitrogens with zero attached hydrogens (tertiary/aromatic N) is 2. The molecular weight excluding hydrogens is 352 g/mol. The van der Waals surface area contributed by atoms with Crippen LogP contribution in [0.5, 0.6) is 0 Å². The number of carbonyl (C=O) groups is 1. The van der Waals surface area contributed by atoms with Crippen LogP contribution in [0.1, 0.15) is 49.8 Å². The maximum Gasteiger partial charge on any atom is 0.254 e. The first kappa shape index (κ1) is 18.9. The van der Waals surface area contributed by atoms with Crippen LogP contribution in [0, 0.1) is 0 Å². The Kier molecular flexibility index (Phi) is 5.68. The molecule has 0 N–H and O–H groups in total. The van der Waals surface area contributed by atoms with E-state index < -0.39 is 5.60 Å². The average molecular weight is 377 g/mol. The van der Waals surface area contributed by atoms with Crippen LogP contribution in [0.25, 0.3) is 0 Å². The van der Waals surface area contributed by atoms with Gasteiger partial charge in [0.25, 0.3) is 5.91 Å². The van der Waals surface area contributed by atoms with Crippen LogP contribution >= 0.6 is 11.6 Å². The molecule has 0 aliphatic carbocycles. The number of amides is 1. The van der Waals surface area contributed by atoms with Crippen molar-refractivity contribution in [2.45, 2.75) is 44.6 Å². The normalized spacial score (nSPS) is 18.2. The molecule has 1 aliphatic heterocycles. The number of rotatable bonds is 5. The standard InChI is InChI=1S/C20H25ClN2O3/c1-20(2,25-3)19(24)23-9-5-7-15(13-23)18-22-12-17(26-18)11-14-6-4-8-16(21)10-14/h4,6,8,10,12,15H,5,7,9,11,13H2,1-3H3/t15-/m0/s1. The van der Waals surface area contributed by atoms with Crippen LogP contribution in [-0.2, 0) is 16.0 Å². The van der Waals surface area contributed by atoms with Crippen molar-refractivity contribution in [2.75, 3.05) is 20.2 Å². The first-order valence-corrected chi connectivity index (χ1v) is 9.30. The number of hydrogen-bond acceptors (Lipinski definition) is 4. The molecule has 0 radical (unpaired) electrons. The Morgan fingerprint density at radius 2 is 2.27 bits per heavy atom. The highest BCUT2D eigenvalue weighted by atomic mass is 35.5. The number of piperidine rings is 1. The molecule has 140 valence electrons. The molecule has 1 aliphatic rings. The highest BCUT2D eigenvalue weighted by Crippen LogP contribution is 2.29. The molecule has 0 saturated carbocycles. The molecule has 2 aromatic rings. The quantitative estimate of drug-likeness (QED) is 0.789. The molecule has 0 bridgehead atoms. The maximum absolute atomic E-state index is 12.6. The SMILES string of the molecule is COC(C)(C)C(=O)N1CCC[C@H](c2ncc(Cc3cccc(Cl)c3)o2)C1. The summed E-state index contributed by atoms with van der Waals surface area (Å²) < 4.78 is 11.3. The van der Waals surface area contributed by atoms with Gasteiger partial charge in [-0.3, -0.25) is 4.79 Å². The number of methoxy groups -OCH3 is 1. The Morgan fingerprint density at radius 1 is 1.46 bits per heavy atom. The molecule has 26 heavy (non-hydrogen) atoms. The molecule has 2 heterocycles. The van der Waals surface area contributed by atoms with Crippen LogP contribution < -0.4 is 0 Å². The summed E-state index contributed by atoms with van der Waals surface area (Å²) in [4.78, 5) is 19.0. The van der Waals surface area contributed by atoms with Gasteiger partial charge in [0.2, 0.25) is 0 Å². The van der Waals surface area contributed by atoms with E-state index in [-0.39, 0.29) is 11.8 Å². The first-order valence-electron chi connectivity index (χ1n) is 8.92. The van der Waals surface area contributed by atoms with Crippen LogP contribution in [0.2, 0.25) is 5.02 Å². The van der Waals surface area contributed by atoms with Gasteiger partial charge in [0.1, 0.15) is 11.4 Å². The summed E-state index contributed by atoms with van der Waals surface area (Å²) in [7, 11) is 1.57. The smallest absolute Gasteiger partial charge is 0.254 e. The molecule has 5 nitrogen and oxygen atoms in total. The molecule has 0 unspecified atom stereocenters. The number of likely N-dealkylation sites (tertiary alicyclic amines) is 1. The molecule has 1 aromatic heterocycles. The molecule has 6 heteroatoms. The van der Waals surface area contributed by atoms with E-state index in [1.807, 2.05) is 29.2 Å². The fourth-order valence-corrected chi connectivity index (χ4v) is 3.49. The minimum absolute atomic E-state index is 0.00964. The zero-order valence-corrected chi connectivity index (χ0v) is 16.3. The van der Waals surface area contributed by atoms with Crippen molar-refractivity contribution in [1.29, 1.82) is 0 Å². The number of halogens is 1. The van der Waals surface area contributed by atoms with E-state index in [1.54, 1.807) is 27.2 Å². The van der Waals surface area contributed by atoms with Gasteiger partial charge in [-0.1, -0.05) is 23.7 Å². The van der Waals surface area contributed by atoms with Gasteiger partial charge in [0.05, 0.1) is 12.1 Å². The Bertz CT molecular complexity index is 772. The summed E-state index contributed by atoms with van der Waals surface area (Å²) in [5, 5.41) is 0.712. The Labute approximate surface area is 159 Å². The minimum atomic E-state index is -0.809. The number of carbonyl (C=O) groups excluding carboxylic acids is 1. The molecule has 1 fully saturated rings. The van der Waals surface area contributed by atoms with E-state index in [9.17, 15) is 4.79 Å². The predicted molar refractivity (Wildman–Crippen MR) is 100 cm³/mol. The summed E-state index contributed by atoms with van der Waals surface area (Å²) >= 11 is 6.04. The predicted octanol–water partition coefficient (Wildman–Crippen LogP) is 4.05. The molecule has 1 aromatic carbocycles. The van der Waals surface area contributed by atoms with E-state index in [4.69, 9.17) is 20.8 Å². The van der Waals surface area contributed by atoms with Crippen molar-refractivity contribution in [3.05, 3.63) is 52.7 Å². The van der Waals surface area contributed by atoms with Crippen molar-refractivity contribution in [2.24, 2.45) is 0 Å². The summed E-state index contributed by atoms with van der Waals surface area (Å²) in [6, 6.07) is 7.72. The molecule has 1 amide bonds. The van der Waals surface area contributed by atoms with Crippen molar-refractivity contribution < 1.29 is 13.9 Å². The summed E-state index contributed by atoms with van der Waals surface area (Å²) in [5.74, 6) is 1.64. The van der Waals surface area contributed by atoms with Crippen molar-refractivity contribution in [3.63, 3.8) is 0 Å². The first-order chi connectivity index (χ1) is 12.4. The number of oxazole rings is 1. The van der Waals surface area contributed by atoms with Crippen LogP contribution in [-0.4, -0.2) is 41.6 Å². The highest BCUT2D eigenvalue weighted by Gasteiger charge is 2.35. The Hall–Kier alpha value is -1.85. The lowest BCUT2D eigenvalue weighted by Crippen LogP contribution is -2.49. The Balaban J connectivity index is 1.68. The zero-order chi connectivity index (χ0) is 18.7. The van der Waals surface area contributed by atoms with Crippen molar-refractivity contribution >= 4 is 17.5 Å². The van der Waals surface area contributed by atoms with Crippen molar-refractivity contribution in [3.8, 4) is 0 Å². The molecular formula is C20H25ClN2O3.